The summed E-state index contributed by atoms with van der Waals surface area (Å²) < 4.78 is 15.6. The minimum absolute atomic E-state index is 0.255. The monoisotopic (exact) mass is 349 g/mol. The second-order valence-electron chi connectivity index (χ2n) is 6.86. The van der Waals surface area contributed by atoms with Crippen LogP contribution in [0.1, 0.15) is 37.4 Å². The number of carbonyl (C=O) groups is 1. The number of nitrogens with zero attached hydrogens (tertiary/aromatic N) is 2. The SMILES string of the molecule is CC(C)c1c(CCC=O)c2cc3[nH]ncc3cc2n1-c1ccc(F)cc1. The average Bonchev–Trinajstić information content (AvgIpc) is 3.20. The summed E-state index contributed by atoms with van der Waals surface area (Å²) in [5, 5.41) is 9.28. The van der Waals surface area contributed by atoms with Crippen LogP contribution in [-0.4, -0.2) is 21.1 Å². The number of hydrogen-bond donors (Lipinski definition) is 1. The molecular formula is C21H20FN3O. The highest BCUT2D eigenvalue weighted by molar-refractivity contribution is 5.98. The highest BCUT2D eigenvalue weighted by Crippen LogP contribution is 2.36. The van der Waals surface area contributed by atoms with Gasteiger partial charge in [0, 0.05) is 28.6 Å². The quantitative estimate of drug-likeness (QED) is 0.521. The molecule has 0 radical (unpaired) electrons. The Balaban J connectivity index is 2.10. The largest absolute Gasteiger partial charge is 0.313 e. The Labute approximate surface area is 150 Å². The van der Waals surface area contributed by atoms with Crippen molar-refractivity contribution >= 4 is 28.1 Å². The van der Waals surface area contributed by atoms with E-state index in [1.165, 1.54) is 17.7 Å². The first-order valence-corrected chi connectivity index (χ1v) is 8.80. The first-order chi connectivity index (χ1) is 12.6. The summed E-state index contributed by atoms with van der Waals surface area (Å²) in [5.74, 6) is 0.000263. The number of rotatable bonds is 5. The zero-order chi connectivity index (χ0) is 18.3. The van der Waals surface area contributed by atoms with E-state index in [1.807, 2.05) is 0 Å². The summed E-state index contributed by atoms with van der Waals surface area (Å²) in [6.45, 7) is 4.29. The van der Waals surface area contributed by atoms with E-state index in [2.05, 4.69) is 40.7 Å². The first kappa shape index (κ1) is 16.5. The van der Waals surface area contributed by atoms with Crippen molar-refractivity contribution in [3.63, 3.8) is 0 Å². The maximum absolute atomic E-state index is 13.5. The number of fused-ring (bicyclic) bond motifs is 2. The Kier molecular flexibility index (Phi) is 4.07. The Morgan fingerprint density at radius 2 is 2.00 bits per heavy atom. The van der Waals surface area contributed by atoms with E-state index in [1.54, 1.807) is 18.3 Å². The van der Waals surface area contributed by atoms with Crippen LogP contribution in [0.4, 0.5) is 4.39 Å². The van der Waals surface area contributed by atoms with E-state index in [-0.39, 0.29) is 11.7 Å². The summed E-state index contributed by atoms with van der Waals surface area (Å²) >= 11 is 0. The van der Waals surface area contributed by atoms with Gasteiger partial charge in [-0.3, -0.25) is 5.10 Å². The summed E-state index contributed by atoms with van der Waals surface area (Å²) in [7, 11) is 0. The lowest BCUT2D eigenvalue weighted by Crippen LogP contribution is -2.04. The molecule has 0 bridgehead atoms. The number of benzene rings is 2. The zero-order valence-corrected chi connectivity index (χ0v) is 14.8. The molecule has 4 nitrogen and oxygen atoms in total. The van der Waals surface area contributed by atoms with Crippen LogP contribution in [0, 0.1) is 5.82 Å². The predicted octanol–water partition coefficient (Wildman–Crippen LogP) is 4.90. The van der Waals surface area contributed by atoms with Gasteiger partial charge in [0.1, 0.15) is 12.1 Å². The molecule has 0 saturated carbocycles. The fourth-order valence-electron chi connectivity index (χ4n) is 3.75. The number of aromatic amines is 1. The number of nitrogens with one attached hydrogen (secondary N) is 1. The molecule has 0 spiro atoms. The lowest BCUT2D eigenvalue weighted by atomic mass is 9.99. The van der Waals surface area contributed by atoms with Crippen molar-refractivity contribution in [2.75, 3.05) is 0 Å². The maximum atomic E-state index is 13.5. The van der Waals surface area contributed by atoms with Crippen molar-refractivity contribution in [2.24, 2.45) is 0 Å². The number of H-pyrrole nitrogens is 1. The highest BCUT2D eigenvalue weighted by Gasteiger charge is 2.21. The Morgan fingerprint density at radius 3 is 2.69 bits per heavy atom. The van der Waals surface area contributed by atoms with Crippen LogP contribution < -0.4 is 0 Å². The number of aryl methyl sites for hydroxylation is 1. The molecule has 2 aromatic heterocycles. The smallest absolute Gasteiger partial charge is 0.123 e. The molecule has 0 atom stereocenters. The molecule has 1 N–H and O–H groups in total. The standard InChI is InChI=1S/C21H20FN3O/c1-13(2)21-17(4-3-9-26)18-11-19-14(12-23-24-19)10-20(18)25(21)16-7-5-15(22)6-8-16/h5-13H,3-4H2,1-2H3,(H,23,24). The number of aldehydes is 1. The fourth-order valence-corrected chi connectivity index (χ4v) is 3.75. The van der Waals surface area contributed by atoms with Crippen molar-refractivity contribution < 1.29 is 9.18 Å². The van der Waals surface area contributed by atoms with Crippen molar-refractivity contribution in [3.8, 4) is 5.69 Å². The van der Waals surface area contributed by atoms with E-state index in [0.717, 1.165) is 39.5 Å². The van der Waals surface area contributed by atoms with Crippen LogP contribution in [-0.2, 0) is 11.2 Å². The van der Waals surface area contributed by atoms with Crippen molar-refractivity contribution in [3.05, 3.63) is 59.7 Å². The molecule has 26 heavy (non-hydrogen) atoms. The molecular weight excluding hydrogens is 329 g/mol. The van der Waals surface area contributed by atoms with Gasteiger partial charge in [0.2, 0.25) is 0 Å². The summed E-state index contributed by atoms with van der Waals surface area (Å²) in [5.41, 5.74) is 5.27. The second-order valence-corrected chi connectivity index (χ2v) is 6.86. The molecule has 2 heterocycles. The molecule has 132 valence electrons. The van der Waals surface area contributed by atoms with Gasteiger partial charge >= 0.3 is 0 Å². The second kappa shape index (κ2) is 6.41. The topological polar surface area (TPSA) is 50.7 Å². The minimum Gasteiger partial charge on any atom is -0.313 e. The molecule has 0 amide bonds. The summed E-state index contributed by atoms with van der Waals surface area (Å²) in [4.78, 5) is 11.0. The van der Waals surface area contributed by atoms with Gasteiger partial charge < -0.3 is 9.36 Å². The third kappa shape index (κ3) is 2.60. The van der Waals surface area contributed by atoms with E-state index >= 15 is 0 Å². The molecule has 0 saturated heterocycles. The fraction of sp³-hybridized carbons (Fsp3) is 0.238. The predicted molar refractivity (Wildman–Crippen MR) is 101 cm³/mol. The normalized spacial score (nSPS) is 11.7. The Morgan fingerprint density at radius 1 is 1.23 bits per heavy atom. The van der Waals surface area contributed by atoms with Gasteiger partial charge in [-0.1, -0.05) is 13.8 Å². The molecule has 2 aromatic carbocycles. The van der Waals surface area contributed by atoms with Gasteiger partial charge in [-0.15, -0.1) is 0 Å². The van der Waals surface area contributed by atoms with E-state index in [9.17, 15) is 9.18 Å². The van der Waals surface area contributed by atoms with E-state index in [4.69, 9.17) is 0 Å². The molecule has 5 heteroatoms. The van der Waals surface area contributed by atoms with Crippen molar-refractivity contribution in [1.82, 2.24) is 14.8 Å². The summed E-state index contributed by atoms with van der Waals surface area (Å²) in [6.07, 6.45) is 3.92. The van der Waals surface area contributed by atoms with Gasteiger partial charge in [-0.05, 0) is 54.3 Å². The van der Waals surface area contributed by atoms with Gasteiger partial charge in [-0.25, -0.2) is 4.39 Å². The van der Waals surface area contributed by atoms with Gasteiger partial charge in [0.25, 0.3) is 0 Å². The number of halogens is 1. The van der Waals surface area contributed by atoms with E-state index < -0.39 is 0 Å². The maximum Gasteiger partial charge on any atom is 0.123 e. The average molecular weight is 349 g/mol. The van der Waals surface area contributed by atoms with Gasteiger partial charge in [0.15, 0.2) is 0 Å². The molecule has 4 rings (SSSR count). The minimum atomic E-state index is -0.255. The van der Waals surface area contributed by atoms with Crippen LogP contribution in [0.2, 0.25) is 0 Å². The lowest BCUT2D eigenvalue weighted by molar-refractivity contribution is -0.107. The Hall–Kier alpha value is -2.95. The number of carbonyl (C=O) groups excluding carboxylic acids is 1. The van der Waals surface area contributed by atoms with Crippen LogP contribution >= 0.6 is 0 Å². The third-order valence-corrected chi connectivity index (χ3v) is 4.82. The lowest BCUT2D eigenvalue weighted by Gasteiger charge is -2.15. The summed E-state index contributed by atoms with van der Waals surface area (Å²) in [6, 6.07) is 10.8. The number of aromatic nitrogens is 3. The number of hydrogen-bond acceptors (Lipinski definition) is 2. The van der Waals surface area contributed by atoms with Crippen molar-refractivity contribution in [2.45, 2.75) is 32.6 Å². The van der Waals surface area contributed by atoms with Gasteiger partial charge in [0.05, 0.1) is 17.2 Å². The molecule has 0 aliphatic rings. The molecule has 0 aliphatic heterocycles. The zero-order valence-electron chi connectivity index (χ0n) is 14.8. The van der Waals surface area contributed by atoms with Crippen LogP contribution in [0.5, 0.6) is 0 Å². The Bertz CT molecular complexity index is 1090. The van der Waals surface area contributed by atoms with Crippen LogP contribution in [0.15, 0.2) is 42.6 Å². The van der Waals surface area contributed by atoms with E-state index in [0.29, 0.717) is 12.8 Å². The van der Waals surface area contributed by atoms with Crippen molar-refractivity contribution in [1.29, 1.82) is 0 Å². The van der Waals surface area contributed by atoms with Crippen LogP contribution in [0.3, 0.4) is 0 Å². The molecule has 4 aromatic rings. The third-order valence-electron chi connectivity index (χ3n) is 4.82. The molecule has 0 unspecified atom stereocenters. The molecule has 0 fully saturated rings. The van der Waals surface area contributed by atoms with Gasteiger partial charge in [-0.2, -0.15) is 5.10 Å². The highest BCUT2D eigenvalue weighted by atomic mass is 19.1. The molecule has 0 aliphatic carbocycles. The first-order valence-electron chi connectivity index (χ1n) is 8.80. The van der Waals surface area contributed by atoms with Crippen LogP contribution in [0.25, 0.3) is 27.5 Å².